The number of amides is 1. The molecule has 0 aliphatic heterocycles. The van der Waals surface area contributed by atoms with Gasteiger partial charge in [0.1, 0.15) is 0 Å². The van der Waals surface area contributed by atoms with Crippen LogP contribution in [0.25, 0.3) is 0 Å². The predicted molar refractivity (Wildman–Crippen MR) is 108 cm³/mol. The fourth-order valence-electron chi connectivity index (χ4n) is 2.03. The Morgan fingerprint density at radius 1 is 1.35 bits per heavy atom. The molecule has 0 unspecified atom stereocenters. The Morgan fingerprint density at radius 3 is 2.81 bits per heavy atom. The number of carbonyl (C=O) groups is 1. The van der Waals surface area contributed by atoms with Gasteiger partial charge in [-0.1, -0.05) is 36.6 Å². The Labute approximate surface area is 161 Å². The lowest BCUT2D eigenvalue weighted by Gasteiger charge is -2.19. The van der Waals surface area contributed by atoms with E-state index in [1.165, 1.54) is 17.4 Å². The van der Waals surface area contributed by atoms with Gasteiger partial charge in [0.15, 0.2) is 4.34 Å². The average Bonchev–Trinajstić information content (AvgIpc) is 3.11. The molecule has 0 bridgehead atoms. The van der Waals surface area contributed by atoms with E-state index in [2.05, 4.69) is 44.1 Å². The molecule has 9 heteroatoms. The second kappa shape index (κ2) is 10.7. The molecule has 1 N–H and O–H groups in total. The van der Waals surface area contributed by atoms with Gasteiger partial charge in [0.2, 0.25) is 5.91 Å². The SMILES string of the molecule is C=CC(=O)NCCCN(C)c1ccc(N=Nc2nnc(SCC)s2)cc1. The van der Waals surface area contributed by atoms with Crippen molar-refractivity contribution in [3.63, 3.8) is 0 Å². The number of rotatable bonds is 10. The van der Waals surface area contributed by atoms with Gasteiger partial charge in [-0.25, -0.2) is 0 Å². The summed E-state index contributed by atoms with van der Waals surface area (Å²) in [4.78, 5) is 13.2. The molecular weight excluding hydrogens is 368 g/mol. The quantitative estimate of drug-likeness (QED) is 0.285. The first-order chi connectivity index (χ1) is 12.6. The van der Waals surface area contributed by atoms with Gasteiger partial charge in [0, 0.05) is 25.8 Å². The first-order valence-electron chi connectivity index (χ1n) is 8.22. The third-order valence-corrected chi connectivity index (χ3v) is 5.18. The summed E-state index contributed by atoms with van der Waals surface area (Å²) >= 11 is 3.08. The van der Waals surface area contributed by atoms with E-state index < -0.39 is 0 Å². The first-order valence-corrected chi connectivity index (χ1v) is 10.0. The molecule has 2 rings (SSSR count). The Balaban J connectivity index is 1.83. The van der Waals surface area contributed by atoms with Crippen LogP contribution < -0.4 is 10.2 Å². The Morgan fingerprint density at radius 2 is 2.12 bits per heavy atom. The molecule has 0 saturated heterocycles. The molecular formula is C17H22N6OS2. The summed E-state index contributed by atoms with van der Waals surface area (Å²) in [5, 5.41) is 19.7. The monoisotopic (exact) mass is 390 g/mol. The number of benzene rings is 1. The van der Waals surface area contributed by atoms with Crippen molar-refractivity contribution in [1.82, 2.24) is 15.5 Å². The normalized spacial score (nSPS) is 10.8. The summed E-state index contributed by atoms with van der Waals surface area (Å²) in [7, 11) is 2.01. The van der Waals surface area contributed by atoms with Gasteiger partial charge in [-0.15, -0.1) is 20.4 Å². The number of azo groups is 1. The van der Waals surface area contributed by atoms with E-state index in [1.807, 2.05) is 31.3 Å². The number of nitrogens with one attached hydrogen (secondary N) is 1. The van der Waals surface area contributed by atoms with Crippen LogP contribution in [-0.2, 0) is 4.79 Å². The van der Waals surface area contributed by atoms with E-state index in [1.54, 1.807) is 11.8 Å². The van der Waals surface area contributed by atoms with Crippen LogP contribution in [-0.4, -0.2) is 42.0 Å². The van der Waals surface area contributed by atoms with Gasteiger partial charge in [-0.3, -0.25) is 4.79 Å². The average molecular weight is 391 g/mol. The largest absolute Gasteiger partial charge is 0.375 e. The van der Waals surface area contributed by atoms with Gasteiger partial charge in [-0.2, -0.15) is 0 Å². The van der Waals surface area contributed by atoms with Crippen molar-refractivity contribution in [3.8, 4) is 0 Å². The maximum Gasteiger partial charge on any atom is 0.252 e. The number of nitrogens with zero attached hydrogens (tertiary/aromatic N) is 5. The molecule has 0 aliphatic rings. The van der Waals surface area contributed by atoms with E-state index in [0.717, 1.165) is 34.4 Å². The molecule has 1 amide bonds. The molecule has 1 aromatic carbocycles. The highest BCUT2D eigenvalue weighted by molar-refractivity contribution is 8.01. The summed E-state index contributed by atoms with van der Waals surface area (Å²) in [6, 6.07) is 7.82. The van der Waals surface area contributed by atoms with Crippen molar-refractivity contribution in [2.24, 2.45) is 10.2 Å². The summed E-state index contributed by atoms with van der Waals surface area (Å²) < 4.78 is 0.905. The van der Waals surface area contributed by atoms with Gasteiger partial charge in [-0.05, 0) is 42.5 Å². The molecule has 7 nitrogen and oxygen atoms in total. The lowest BCUT2D eigenvalue weighted by molar-refractivity contribution is -0.116. The van der Waals surface area contributed by atoms with Gasteiger partial charge in [0.05, 0.1) is 5.69 Å². The van der Waals surface area contributed by atoms with Crippen molar-refractivity contribution < 1.29 is 4.79 Å². The van der Waals surface area contributed by atoms with Crippen LogP contribution in [0.5, 0.6) is 0 Å². The third kappa shape index (κ3) is 6.57. The van der Waals surface area contributed by atoms with E-state index in [-0.39, 0.29) is 5.91 Å². The van der Waals surface area contributed by atoms with Crippen LogP contribution in [0.15, 0.2) is 51.5 Å². The van der Waals surface area contributed by atoms with Crippen molar-refractivity contribution in [1.29, 1.82) is 0 Å². The van der Waals surface area contributed by atoms with Crippen LogP contribution in [0, 0.1) is 0 Å². The Hall–Kier alpha value is -2.26. The smallest absolute Gasteiger partial charge is 0.252 e. The number of thioether (sulfide) groups is 1. The van der Waals surface area contributed by atoms with Crippen LogP contribution in [0.2, 0.25) is 0 Å². The predicted octanol–water partition coefficient (Wildman–Crippen LogP) is 4.19. The first kappa shape index (κ1) is 20.1. The van der Waals surface area contributed by atoms with Crippen LogP contribution in [0.4, 0.5) is 16.5 Å². The van der Waals surface area contributed by atoms with E-state index in [9.17, 15) is 4.79 Å². The van der Waals surface area contributed by atoms with Crippen molar-refractivity contribution in [2.45, 2.75) is 17.7 Å². The zero-order valence-corrected chi connectivity index (χ0v) is 16.5. The number of hydrogen-bond acceptors (Lipinski definition) is 8. The van der Waals surface area contributed by atoms with Crippen LogP contribution in [0.1, 0.15) is 13.3 Å². The molecule has 26 heavy (non-hydrogen) atoms. The van der Waals surface area contributed by atoms with Crippen LogP contribution in [0.3, 0.4) is 0 Å². The second-order valence-electron chi connectivity index (χ2n) is 5.27. The van der Waals surface area contributed by atoms with E-state index in [0.29, 0.717) is 11.7 Å². The minimum absolute atomic E-state index is 0.141. The molecule has 1 aromatic heterocycles. The maximum absolute atomic E-state index is 11.1. The Kier molecular flexibility index (Phi) is 8.23. The van der Waals surface area contributed by atoms with E-state index in [4.69, 9.17) is 0 Å². The molecule has 0 radical (unpaired) electrons. The third-order valence-electron chi connectivity index (χ3n) is 3.36. The lowest BCUT2D eigenvalue weighted by Crippen LogP contribution is -2.26. The summed E-state index contributed by atoms with van der Waals surface area (Å²) in [6.45, 7) is 6.96. The Bertz CT molecular complexity index is 744. The molecule has 138 valence electrons. The number of aromatic nitrogens is 2. The van der Waals surface area contributed by atoms with Gasteiger partial charge in [0.25, 0.3) is 5.13 Å². The topological polar surface area (TPSA) is 82.8 Å². The summed E-state index contributed by atoms with van der Waals surface area (Å²) in [6.07, 6.45) is 2.13. The van der Waals surface area contributed by atoms with Crippen molar-refractivity contribution >= 4 is 45.5 Å². The van der Waals surface area contributed by atoms with Gasteiger partial charge < -0.3 is 10.2 Å². The molecule has 0 spiro atoms. The summed E-state index contributed by atoms with van der Waals surface area (Å²) in [5.41, 5.74) is 1.84. The maximum atomic E-state index is 11.1. The highest BCUT2D eigenvalue weighted by atomic mass is 32.2. The molecule has 2 aromatic rings. The zero-order valence-electron chi connectivity index (χ0n) is 14.9. The fourth-order valence-corrected chi connectivity index (χ4v) is 3.59. The number of carbonyl (C=O) groups excluding carboxylic acids is 1. The minimum atomic E-state index is -0.141. The highest BCUT2D eigenvalue weighted by Crippen LogP contribution is 2.28. The fraction of sp³-hybridized carbons (Fsp3) is 0.353. The molecule has 0 saturated carbocycles. The zero-order chi connectivity index (χ0) is 18.8. The van der Waals surface area contributed by atoms with Gasteiger partial charge >= 0.3 is 0 Å². The minimum Gasteiger partial charge on any atom is -0.375 e. The van der Waals surface area contributed by atoms with Crippen LogP contribution >= 0.6 is 23.1 Å². The molecule has 1 heterocycles. The molecule has 0 fully saturated rings. The van der Waals surface area contributed by atoms with Crippen molar-refractivity contribution in [2.75, 3.05) is 30.8 Å². The summed E-state index contributed by atoms with van der Waals surface area (Å²) in [5.74, 6) is 0.819. The molecule has 0 aliphatic carbocycles. The standard InChI is InChI=1S/C17H22N6OS2/c1-4-15(24)18-11-6-12-23(3)14-9-7-13(8-10-14)19-20-16-21-22-17(26-16)25-5-2/h4,7-10H,1,5-6,11-12H2,2-3H3,(H,18,24). The van der Waals surface area contributed by atoms with Crippen molar-refractivity contribution in [3.05, 3.63) is 36.9 Å². The highest BCUT2D eigenvalue weighted by Gasteiger charge is 2.04. The second-order valence-corrected chi connectivity index (χ2v) is 7.74. The molecule has 0 atom stereocenters. The number of hydrogen-bond donors (Lipinski definition) is 1. The van der Waals surface area contributed by atoms with E-state index >= 15 is 0 Å². The number of anilines is 1. The lowest BCUT2D eigenvalue weighted by atomic mass is 10.2.